The van der Waals surface area contributed by atoms with Crippen LogP contribution < -0.4 is 4.74 Å². The monoisotopic (exact) mass is 213 g/mol. The van der Waals surface area contributed by atoms with Gasteiger partial charge in [-0.25, -0.2) is 0 Å². The summed E-state index contributed by atoms with van der Waals surface area (Å²) < 4.78 is 5.24. The Morgan fingerprint density at radius 3 is 3.21 bits per heavy atom. The number of ether oxygens (including phenoxy) is 1. The minimum Gasteiger partial charge on any atom is -0.496 e. The molecule has 1 aromatic rings. The van der Waals surface area contributed by atoms with E-state index in [0.717, 1.165) is 31.8 Å². The maximum absolute atomic E-state index is 9.39. The molecule has 2 rings (SSSR count). The second-order valence-corrected chi connectivity index (χ2v) is 4.59. The summed E-state index contributed by atoms with van der Waals surface area (Å²) >= 11 is 1.71. The Morgan fingerprint density at radius 2 is 2.57 bits per heavy atom. The van der Waals surface area contributed by atoms with E-state index in [1.54, 1.807) is 18.4 Å². The van der Waals surface area contributed by atoms with Gasteiger partial charge in [0.2, 0.25) is 0 Å². The standard InChI is InChI=1S/C10H15NO2S/c1-13-9-3-5-14-10(9)7-11-4-2-8(12)6-11/h3,5,8,12H,2,4,6-7H2,1H3/t8-/m1/s1. The molecule has 0 bridgehead atoms. The predicted octanol–water partition coefficient (Wildman–Crippen LogP) is 1.32. The maximum Gasteiger partial charge on any atom is 0.134 e. The molecule has 0 radical (unpaired) electrons. The van der Waals surface area contributed by atoms with Gasteiger partial charge in [-0.1, -0.05) is 0 Å². The number of hydrogen-bond acceptors (Lipinski definition) is 4. The molecule has 1 atom stereocenters. The Balaban J connectivity index is 1.97. The maximum atomic E-state index is 9.39. The Labute approximate surface area is 87.9 Å². The molecule has 0 aromatic carbocycles. The van der Waals surface area contributed by atoms with Gasteiger partial charge in [-0.05, 0) is 17.9 Å². The van der Waals surface area contributed by atoms with E-state index in [9.17, 15) is 5.11 Å². The van der Waals surface area contributed by atoms with E-state index in [-0.39, 0.29) is 6.10 Å². The van der Waals surface area contributed by atoms with Crippen molar-refractivity contribution in [2.75, 3.05) is 20.2 Å². The van der Waals surface area contributed by atoms with Gasteiger partial charge in [-0.15, -0.1) is 11.3 Å². The van der Waals surface area contributed by atoms with Gasteiger partial charge in [0, 0.05) is 19.6 Å². The first kappa shape index (κ1) is 9.96. The van der Waals surface area contributed by atoms with Crippen LogP contribution in [0.2, 0.25) is 0 Å². The first-order valence-corrected chi connectivity index (χ1v) is 5.68. The molecular formula is C10H15NO2S. The van der Waals surface area contributed by atoms with Gasteiger partial charge in [-0.2, -0.15) is 0 Å². The molecule has 1 aliphatic rings. The van der Waals surface area contributed by atoms with Crippen LogP contribution >= 0.6 is 11.3 Å². The van der Waals surface area contributed by atoms with Crippen molar-refractivity contribution in [1.29, 1.82) is 0 Å². The second-order valence-electron chi connectivity index (χ2n) is 3.59. The van der Waals surface area contributed by atoms with Crippen LogP contribution in [0, 0.1) is 0 Å². The third kappa shape index (κ3) is 2.08. The zero-order chi connectivity index (χ0) is 9.97. The molecule has 1 N–H and O–H groups in total. The average Bonchev–Trinajstić information content (AvgIpc) is 2.76. The molecule has 78 valence electrons. The van der Waals surface area contributed by atoms with Gasteiger partial charge in [0.1, 0.15) is 5.75 Å². The highest BCUT2D eigenvalue weighted by Crippen LogP contribution is 2.27. The number of nitrogens with zero attached hydrogens (tertiary/aromatic N) is 1. The minimum atomic E-state index is -0.138. The Hall–Kier alpha value is -0.580. The predicted molar refractivity (Wildman–Crippen MR) is 56.8 cm³/mol. The van der Waals surface area contributed by atoms with Crippen LogP contribution in [0.1, 0.15) is 11.3 Å². The fourth-order valence-electron chi connectivity index (χ4n) is 1.78. The number of aliphatic hydroxyl groups is 1. The van der Waals surface area contributed by atoms with Crippen molar-refractivity contribution < 1.29 is 9.84 Å². The number of likely N-dealkylation sites (tertiary alicyclic amines) is 1. The van der Waals surface area contributed by atoms with Crippen molar-refractivity contribution in [2.45, 2.75) is 19.1 Å². The first-order valence-electron chi connectivity index (χ1n) is 4.80. The Morgan fingerprint density at radius 1 is 1.71 bits per heavy atom. The molecule has 4 heteroatoms. The van der Waals surface area contributed by atoms with Crippen molar-refractivity contribution in [3.8, 4) is 5.75 Å². The molecule has 1 aliphatic heterocycles. The largest absolute Gasteiger partial charge is 0.496 e. The van der Waals surface area contributed by atoms with Crippen LogP contribution in [-0.4, -0.2) is 36.3 Å². The lowest BCUT2D eigenvalue weighted by molar-refractivity contribution is 0.174. The molecule has 0 saturated carbocycles. The summed E-state index contributed by atoms with van der Waals surface area (Å²) in [6.45, 7) is 2.68. The fourth-order valence-corrected chi connectivity index (χ4v) is 2.67. The van der Waals surface area contributed by atoms with Gasteiger partial charge in [-0.3, -0.25) is 4.90 Å². The topological polar surface area (TPSA) is 32.7 Å². The molecule has 0 spiro atoms. The number of aliphatic hydroxyl groups excluding tert-OH is 1. The molecule has 1 aromatic heterocycles. The van der Waals surface area contributed by atoms with Crippen molar-refractivity contribution in [3.05, 3.63) is 16.3 Å². The van der Waals surface area contributed by atoms with Gasteiger partial charge in [0.05, 0.1) is 18.1 Å². The molecule has 1 saturated heterocycles. The lowest BCUT2D eigenvalue weighted by atomic mass is 10.3. The minimum absolute atomic E-state index is 0.138. The number of methoxy groups -OCH3 is 1. The Bertz CT molecular complexity index is 300. The fraction of sp³-hybridized carbons (Fsp3) is 0.600. The summed E-state index contributed by atoms with van der Waals surface area (Å²) in [6, 6.07) is 1.99. The van der Waals surface area contributed by atoms with E-state index in [2.05, 4.69) is 4.90 Å². The zero-order valence-electron chi connectivity index (χ0n) is 8.27. The highest BCUT2D eigenvalue weighted by molar-refractivity contribution is 7.10. The summed E-state index contributed by atoms with van der Waals surface area (Å²) in [5.41, 5.74) is 0. The van der Waals surface area contributed by atoms with E-state index >= 15 is 0 Å². The van der Waals surface area contributed by atoms with E-state index in [1.165, 1.54) is 4.88 Å². The van der Waals surface area contributed by atoms with Gasteiger partial charge in [0.25, 0.3) is 0 Å². The van der Waals surface area contributed by atoms with E-state index in [4.69, 9.17) is 4.74 Å². The van der Waals surface area contributed by atoms with Gasteiger partial charge >= 0.3 is 0 Å². The van der Waals surface area contributed by atoms with Gasteiger partial charge < -0.3 is 9.84 Å². The smallest absolute Gasteiger partial charge is 0.134 e. The van der Waals surface area contributed by atoms with Crippen molar-refractivity contribution in [2.24, 2.45) is 0 Å². The zero-order valence-corrected chi connectivity index (χ0v) is 9.09. The summed E-state index contributed by atoms with van der Waals surface area (Å²) in [7, 11) is 1.70. The molecule has 0 aliphatic carbocycles. The van der Waals surface area contributed by atoms with Gasteiger partial charge in [0.15, 0.2) is 0 Å². The second kappa shape index (κ2) is 4.29. The van der Waals surface area contributed by atoms with E-state index < -0.39 is 0 Å². The number of rotatable bonds is 3. The highest BCUT2D eigenvalue weighted by atomic mass is 32.1. The quantitative estimate of drug-likeness (QED) is 0.822. The summed E-state index contributed by atoms with van der Waals surface area (Å²) in [4.78, 5) is 3.51. The molecule has 2 heterocycles. The number of β-amino-alcohol motifs (C(OH)–C–C–N with tert-alkyl or cyclic N) is 1. The normalized spacial score (nSPS) is 22.9. The van der Waals surface area contributed by atoms with E-state index in [0.29, 0.717) is 0 Å². The summed E-state index contributed by atoms with van der Waals surface area (Å²) in [5, 5.41) is 11.4. The van der Waals surface area contributed by atoms with Crippen LogP contribution in [0.4, 0.5) is 0 Å². The van der Waals surface area contributed by atoms with Crippen LogP contribution in [0.15, 0.2) is 11.4 Å². The summed E-state index contributed by atoms with van der Waals surface area (Å²) in [6.07, 6.45) is 0.759. The van der Waals surface area contributed by atoms with Crippen molar-refractivity contribution in [1.82, 2.24) is 4.90 Å². The molecule has 0 unspecified atom stereocenters. The van der Waals surface area contributed by atoms with Crippen LogP contribution in [-0.2, 0) is 6.54 Å². The lowest BCUT2D eigenvalue weighted by Gasteiger charge is -2.14. The van der Waals surface area contributed by atoms with Crippen LogP contribution in [0.5, 0.6) is 5.75 Å². The van der Waals surface area contributed by atoms with E-state index in [1.807, 2.05) is 11.4 Å². The van der Waals surface area contributed by atoms with Crippen molar-refractivity contribution >= 4 is 11.3 Å². The molecular weight excluding hydrogens is 198 g/mol. The first-order chi connectivity index (χ1) is 6.79. The Kier molecular flexibility index (Phi) is 3.05. The van der Waals surface area contributed by atoms with Crippen LogP contribution in [0.25, 0.3) is 0 Å². The lowest BCUT2D eigenvalue weighted by Crippen LogP contribution is -2.21. The SMILES string of the molecule is COc1ccsc1CN1CC[C@@H](O)C1. The third-order valence-corrected chi connectivity index (χ3v) is 3.43. The third-order valence-electron chi connectivity index (χ3n) is 2.54. The average molecular weight is 213 g/mol. The highest BCUT2D eigenvalue weighted by Gasteiger charge is 2.21. The molecule has 14 heavy (non-hydrogen) atoms. The van der Waals surface area contributed by atoms with Crippen molar-refractivity contribution in [3.63, 3.8) is 0 Å². The van der Waals surface area contributed by atoms with Crippen LogP contribution in [0.3, 0.4) is 0 Å². The number of hydrogen-bond donors (Lipinski definition) is 1. The summed E-state index contributed by atoms with van der Waals surface area (Å²) in [5.74, 6) is 0.969. The molecule has 3 nitrogen and oxygen atoms in total. The number of thiophene rings is 1. The molecule has 0 amide bonds. The molecule has 1 fully saturated rings.